The van der Waals surface area contributed by atoms with E-state index in [1.54, 1.807) is 0 Å². The minimum absolute atomic E-state index is 0.0952. The quantitative estimate of drug-likeness (QED) is 0.210. The normalized spacial score (nSPS) is 24.6. The largest absolute Gasteiger partial charge is 0.462 e. The number of unbranched alkanes of at least 4 members (excludes halogenated alkanes) is 4. The predicted octanol–water partition coefficient (Wildman–Crippen LogP) is 6.65. The molecular weight excluding hydrogens is 484 g/mol. The molecule has 0 aromatic rings. The Labute approximate surface area is 231 Å². The Balaban J connectivity index is 1.64. The van der Waals surface area contributed by atoms with Gasteiger partial charge in [0, 0.05) is 54.3 Å². The molecule has 1 unspecified atom stereocenters. The second-order valence-corrected chi connectivity index (χ2v) is 14.3. The summed E-state index contributed by atoms with van der Waals surface area (Å²) < 4.78 is 11.7. The van der Waals surface area contributed by atoms with E-state index in [-0.39, 0.29) is 30.1 Å². The van der Waals surface area contributed by atoms with Crippen LogP contribution in [-0.4, -0.2) is 66.8 Å². The van der Waals surface area contributed by atoms with Gasteiger partial charge in [0.2, 0.25) is 0 Å². The second kappa shape index (κ2) is 13.0. The molecule has 38 heavy (non-hydrogen) atoms. The third-order valence-corrected chi connectivity index (χ3v) is 8.54. The molecular formula is C30H56N2O6. The highest BCUT2D eigenvalue weighted by molar-refractivity contribution is 5.72. The molecule has 2 N–H and O–H groups in total. The van der Waals surface area contributed by atoms with Gasteiger partial charge in [0.05, 0.1) is 5.92 Å². The maximum absolute atomic E-state index is 12.9. The number of carbonyl (C=O) groups is 2. The maximum atomic E-state index is 12.9. The summed E-state index contributed by atoms with van der Waals surface area (Å²) in [5.41, 5.74) is -1.74. The molecule has 1 atom stereocenters. The van der Waals surface area contributed by atoms with E-state index in [1.165, 1.54) is 10.1 Å². The number of carbonyl (C=O) groups excluding carboxylic acids is 2. The minimum atomic E-state index is -0.439. The molecule has 0 aromatic carbocycles. The lowest BCUT2D eigenvalue weighted by Gasteiger charge is -2.51. The van der Waals surface area contributed by atoms with Gasteiger partial charge in [-0.2, -0.15) is 10.1 Å². The molecule has 222 valence electrons. The molecule has 8 heteroatoms. The van der Waals surface area contributed by atoms with Gasteiger partial charge >= 0.3 is 11.9 Å². The molecule has 2 fully saturated rings. The fraction of sp³-hybridized carbons (Fsp3) is 0.933. The Morgan fingerprint density at radius 1 is 0.711 bits per heavy atom. The van der Waals surface area contributed by atoms with E-state index in [4.69, 9.17) is 9.47 Å². The van der Waals surface area contributed by atoms with Crippen molar-refractivity contribution in [3.05, 3.63) is 0 Å². The molecule has 0 bridgehead atoms. The first-order chi connectivity index (χ1) is 17.4. The first-order valence-electron chi connectivity index (χ1n) is 14.8. The molecule has 2 aliphatic rings. The van der Waals surface area contributed by atoms with Crippen molar-refractivity contribution in [2.75, 3.05) is 0 Å². The highest BCUT2D eigenvalue weighted by Crippen LogP contribution is 2.39. The lowest BCUT2D eigenvalue weighted by molar-refractivity contribution is -0.260. The van der Waals surface area contributed by atoms with Crippen LogP contribution in [0.5, 0.6) is 0 Å². The van der Waals surface area contributed by atoms with Crippen LogP contribution in [-0.2, 0) is 19.1 Å². The van der Waals surface area contributed by atoms with Gasteiger partial charge < -0.3 is 19.9 Å². The molecule has 0 spiro atoms. The lowest BCUT2D eigenvalue weighted by atomic mass is 9.80. The molecule has 0 saturated carbocycles. The topological polar surface area (TPSA) is 99.5 Å². The molecule has 0 radical (unpaired) electrons. The summed E-state index contributed by atoms with van der Waals surface area (Å²) in [4.78, 5) is 25.3. The third-order valence-electron chi connectivity index (χ3n) is 8.54. The first kappa shape index (κ1) is 33.0. The first-order valence-corrected chi connectivity index (χ1v) is 14.8. The number of piperidine rings is 2. The van der Waals surface area contributed by atoms with Gasteiger partial charge in [0.1, 0.15) is 12.2 Å². The predicted molar refractivity (Wildman–Crippen MR) is 148 cm³/mol. The minimum Gasteiger partial charge on any atom is -0.462 e. The van der Waals surface area contributed by atoms with Gasteiger partial charge in [0.25, 0.3) is 0 Å². The molecule has 8 nitrogen and oxygen atoms in total. The molecule has 2 rings (SSSR count). The van der Waals surface area contributed by atoms with Crippen molar-refractivity contribution >= 4 is 11.9 Å². The Kier molecular flexibility index (Phi) is 11.3. The van der Waals surface area contributed by atoms with E-state index in [9.17, 15) is 20.0 Å². The number of hydrogen-bond donors (Lipinski definition) is 2. The van der Waals surface area contributed by atoms with E-state index in [0.717, 1.165) is 44.9 Å². The molecule has 0 aliphatic carbocycles. The van der Waals surface area contributed by atoms with Crippen molar-refractivity contribution < 1.29 is 29.5 Å². The average Bonchev–Trinajstić information content (AvgIpc) is 2.76. The van der Waals surface area contributed by atoms with Crippen LogP contribution in [0.2, 0.25) is 0 Å². The zero-order chi connectivity index (χ0) is 28.9. The maximum Gasteiger partial charge on any atom is 0.309 e. The van der Waals surface area contributed by atoms with E-state index in [1.807, 2.05) is 62.3 Å². The second-order valence-electron chi connectivity index (χ2n) is 14.3. The third kappa shape index (κ3) is 8.90. The highest BCUT2D eigenvalue weighted by Gasteiger charge is 2.47. The van der Waals surface area contributed by atoms with Crippen LogP contribution in [0.15, 0.2) is 0 Å². The van der Waals surface area contributed by atoms with Crippen LogP contribution in [0.25, 0.3) is 0 Å². The van der Waals surface area contributed by atoms with Crippen molar-refractivity contribution in [3.8, 4) is 0 Å². The Morgan fingerprint density at radius 3 is 1.55 bits per heavy atom. The average molecular weight is 541 g/mol. The fourth-order valence-corrected chi connectivity index (χ4v) is 6.71. The van der Waals surface area contributed by atoms with Crippen molar-refractivity contribution in [1.82, 2.24) is 10.1 Å². The zero-order valence-corrected chi connectivity index (χ0v) is 25.6. The molecule has 0 amide bonds. The molecule has 0 aromatic heterocycles. The van der Waals surface area contributed by atoms with Gasteiger partial charge in [0.15, 0.2) is 0 Å². The van der Waals surface area contributed by atoms with Crippen LogP contribution >= 0.6 is 0 Å². The summed E-state index contributed by atoms with van der Waals surface area (Å²) in [6.07, 6.45) is 8.92. The summed E-state index contributed by atoms with van der Waals surface area (Å²) in [5.74, 6) is -0.362. The van der Waals surface area contributed by atoms with E-state index >= 15 is 0 Å². The number of nitrogens with zero attached hydrogens (tertiary/aromatic N) is 2. The summed E-state index contributed by atoms with van der Waals surface area (Å²) in [5, 5.41) is 23.7. The highest BCUT2D eigenvalue weighted by atomic mass is 16.6. The van der Waals surface area contributed by atoms with E-state index in [0.29, 0.717) is 32.1 Å². The van der Waals surface area contributed by atoms with Crippen LogP contribution in [0.3, 0.4) is 0 Å². The standard InChI is InChI=1S/C30H56N2O6/c1-10-22(26(34)38-24-20-29(6,7)32(36)30(8,9)21-24)16-14-12-11-13-15-17-25(33)37-23-18-27(2,3)31(35)28(4,5)19-23/h22-24,35-36H,10-21H2,1-9H3. The summed E-state index contributed by atoms with van der Waals surface area (Å²) in [7, 11) is 0. The molecule has 2 saturated heterocycles. The number of esters is 2. The number of rotatable bonds is 12. The number of hydrogen-bond acceptors (Lipinski definition) is 8. The Bertz CT molecular complexity index is 758. The van der Waals surface area contributed by atoms with Gasteiger partial charge in [-0.25, -0.2) is 0 Å². The van der Waals surface area contributed by atoms with Crippen LogP contribution in [0.1, 0.15) is 139 Å². The monoisotopic (exact) mass is 540 g/mol. The Morgan fingerprint density at radius 2 is 1.11 bits per heavy atom. The van der Waals surface area contributed by atoms with E-state index < -0.39 is 22.2 Å². The van der Waals surface area contributed by atoms with Gasteiger partial charge in [-0.05, 0) is 74.7 Å². The van der Waals surface area contributed by atoms with E-state index in [2.05, 4.69) is 0 Å². The number of hydroxylamine groups is 4. The Hall–Kier alpha value is -1.22. The van der Waals surface area contributed by atoms with Gasteiger partial charge in [-0.3, -0.25) is 9.59 Å². The van der Waals surface area contributed by atoms with Gasteiger partial charge in [-0.15, -0.1) is 0 Å². The summed E-state index contributed by atoms with van der Waals surface area (Å²) >= 11 is 0. The lowest BCUT2D eigenvalue weighted by Crippen LogP contribution is -2.60. The van der Waals surface area contributed by atoms with Crippen LogP contribution in [0, 0.1) is 5.92 Å². The smallest absolute Gasteiger partial charge is 0.309 e. The summed E-state index contributed by atoms with van der Waals surface area (Å²) in [6, 6.07) is 0. The fourth-order valence-electron chi connectivity index (χ4n) is 6.71. The molecule has 2 heterocycles. The van der Waals surface area contributed by atoms with Crippen molar-refractivity contribution in [2.45, 2.75) is 174 Å². The number of ether oxygens (including phenoxy) is 2. The molecule has 2 aliphatic heterocycles. The van der Waals surface area contributed by atoms with Crippen molar-refractivity contribution in [2.24, 2.45) is 5.92 Å². The van der Waals surface area contributed by atoms with Gasteiger partial charge in [-0.1, -0.05) is 32.6 Å². The zero-order valence-electron chi connectivity index (χ0n) is 25.6. The van der Waals surface area contributed by atoms with Crippen molar-refractivity contribution in [3.63, 3.8) is 0 Å². The summed E-state index contributed by atoms with van der Waals surface area (Å²) in [6.45, 7) is 17.8. The SMILES string of the molecule is CCC(CCCCCCCC(=O)OC1CC(C)(C)N(O)C(C)(C)C1)C(=O)OC1CC(C)(C)N(O)C(C)(C)C1. The van der Waals surface area contributed by atoms with Crippen LogP contribution in [0.4, 0.5) is 0 Å². The van der Waals surface area contributed by atoms with Crippen LogP contribution < -0.4 is 0 Å². The van der Waals surface area contributed by atoms with Crippen molar-refractivity contribution in [1.29, 1.82) is 0 Å².